The van der Waals surface area contributed by atoms with Crippen LogP contribution in [0.5, 0.6) is 0 Å². The van der Waals surface area contributed by atoms with E-state index in [4.69, 9.17) is 4.74 Å². The van der Waals surface area contributed by atoms with Crippen LogP contribution in [0.15, 0.2) is 54.6 Å². The summed E-state index contributed by atoms with van der Waals surface area (Å²) in [6.07, 6.45) is 0. The van der Waals surface area contributed by atoms with E-state index < -0.39 is 34.5 Å². The summed E-state index contributed by atoms with van der Waals surface area (Å²) < 4.78 is 5.00. The summed E-state index contributed by atoms with van der Waals surface area (Å²) in [6.45, 7) is 1.70. The van der Waals surface area contributed by atoms with Gasteiger partial charge in [0, 0.05) is 17.8 Å². The van der Waals surface area contributed by atoms with E-state index in [9.17, 15) is 24.5 Å². The zero-order valence-corrected chi connectivity index (χ0v) is 14.4. The predicted octanol–water partition coefficient (Wildman–Crippen LogP) is 2.43. The number of nitro groups is 1. The van der Waals surface area contributed by atoms with E-state index in [0.717, 1.165) is 0 Å². The minimum Gasteiger partial charge on any atom is -0.465 e. The third-order valence-electron chi connectivity index (χ3n) is 4.33. The Balaban J connectivity index is 2.09. The molecular formula is C19H16N2O6. The molecule has 0 radical (unpaired) electrons. The molecule has 1 amide bonds. The van der Waals surface area contributed by atoms with Gasteiger partial charge in [-0.3, -0.25) is 29.4 Å². The van der Waals surface area contributed by atoms with Gasteiger partial charge in [-0.1, -0.05) is 30.3 Å². The number of ketones is 1. The minimum atomic E-state index is -1.30. The van der Waals surface area contributed by atoms with Crippen LogP contribution in [0.3, 0.4) is 0 Å². The highest BCUT2D eigenvalue weighted by molar-refractivity contribution is 6.47. The Morgan fingerprint density at radius 2 is 1.74 bits per heavy atom. The fourth-order valence-corrected chi connectivity index (χ4v) is 3.14. The van der Waals surface area contributed by atoms with Gasteiger partial charge in [0.2, 0.25) is 5.78 Å². The van der Waals surface area contributed by atoms with E-state index >= 15 is 0 Å². The van der Waals surface area contributed by atoms with Gasteiger partial charge in [-0.15, -0.1) is 0 Å². The van der Waals surface area contributed by atoms with Crippen LogP contribution in [0.1, 0.15) is 18.5 Å². The molecule has 0 spiro atoms. The molecule has 8 nitrogen and oxygen atoms in total. The van der Waals surface area contributed by atoms with Crippen LogP contribution in [0.25, 0.3) is 0 Å². The van der Waals surface area contributed by atoms with Gasteiger partial charge in [-0.2, -0.15) is 0 Å². The highest BCUT2D eigenvalue weighted by Crippen LogP contribution is 2.40. The first-order chi connectivity index (χ1) is 13.0. The number of nitrogens with zero attached hydrogens (tertiary/aromatic N) is 2. The van der Waals surface area contributed by atoms with Gasteiger partial charge >= 0.3 is 5.97 Å². The van der Waals surface area contributed by atoms with Gasteiger partial charge in [-0.25, -0.2) is 0 Å². The Bertz CT molecular complexity index is 894. The molecular weight excluding hydrogens is 352 g/mol. The van der Waals surface area contributed by atoms with E-state index in [1.165, 1.54) is 29.2 Å². The number of esters is 1. The topological polar surface area (TPSA) is 107 Å². The maximum atomic E-state index is 12.7. The summed E-state index contributed by atoms with van der Waals surface area (Å²) in [7, 11) is 0. The van der Waals surface area contributed by atoms with Crippen LogP contribution in [-0.2, 0) is 19.1 Å². The molecule has 3 rings (SSSR count). The fourth-order valence-electron chi connectivity index (χ4n) is 3.14. The smallest absolute Gasteiger partial charge is 0.319 e. The van der Waals surface area contributed by atoms with Gasteiger partial charge in [0.25, 0.3) is 11.6 Å². The summed E-state index contributed by atoms with van der Waals surface area (Å²) in [5, 5.41) is 10.9. The second kappa shape index (κ2) is 7.36. The molecule has 0 bridgehead atoms. The van der Waals surface area contributed by atoms with Gasteiger partial charge in [0.1, 0.15) is 5.92 Å². The third kappa shape index (κ3) is 3.29. The summed E-state index contributed by atoms with van der Waals surface area (Å²) in [5.41, 5.74) is 0.739. The number of hydrogen-bond donors (Lipinski definition) is 0. The second-order valence-electron chi connectivity index (χ2n) is 5.90. The molecule has 1 saturated heterocycles. The summed E-state index contributed by atoms with van der Waals surface area (Å²) in [4.78, 5) is 49.1. The number of carbonyl (C=O) groups is 3. The van der Waals surface area contributed by atoms with Gasteiger partial charge < -0.3 is 4.74 Å². The van der Waals surface area contributed by atoms with Crippen LogP contribution in [-0.4, -0.2) is 29.2 Å². The molecule has 8 heteroatoms. The number of non-ortho nitro benzene ring substituents is 1. The van der Waals surface area contributed by atoms with Crippen molar-refractivity contribution in [3.8, 4) is 0 Å². The van der Waals surface area contributed by atoms with Crippen molar-refractivity contribution in [2.45, 2.75) is 13.0 Å². The largest absolute Gasteiger partial charge is 0.465 e. The maximum Gasteiger partial charge on any atom is 0.319 e. The maximum absolute atomic E-state index is 12.7. The highest BCUT2D eigenvalue weighted by atomic mass is 16.6. The van der Waals surface area contributed by atoms with Crippen LogP contribution in [0.2, 0.25) is 0 Å². The molecule has 2 aromatic rings. The Morgan fingerprint density at radius 3 is 2.30 bits per heavy atom. The lowest BCUT2D eigenvalue weighted by Crippen LogP contribution is -2.31. The molecule has 0 unspecified atom stereocenters. The minimum absolute atomic E-state index is 0.0792. The van der Waals surface area contributed by atoms with Crippen molar-refractivity contribution in [1.29, 1.82) is 0 Å². The number of Topliss-reactive ketones (excluding diaryl/α,β-unsaturated/α-hetero) is 1. The standard InChI is InChI=1S/C19H16N2O6/c1-2-27-19(24)15-16(12-6-4-3-5-7-12)20(18(23)17(15)22)13-8-10-14(11-9-13)21(25)26/h3-11,15-16H,2H2,1H3/t15-,16+/m1/s1. The van der Waals surface area contributed by atoms with Gasteiger partial charge in [0.15, 0.2) is 0 Å². The Labute approximate surface area is 154 Å². The number of rotatable bonds is 5. The monoisotopic (exact) mass is 368 g/mol. The van der Waals surface area contributed by atoms with E-state index in [0.29, 0.717) is 11.3 Å². The normalized spacial score (nSPS) is 19.2. The molecule has 1 aliphatic rings. The average Bonchev–Trinajstić information content (AvgIpc) is 2.94. The zero-order chi connectivity index (χ0) is 19.6. The molecule has 0 aliphatic carbocycles. The first kappa shape index (κ1) is 18.2. The molecule has 138 valence electrons. The number of nitro benzene ring substituents is 1. The molecule has 1 heterocycles. The summed E-state index contributed by atoms with van der Waals surface area (Å²) in [5.74, 6) is -3.78. The quantitative estimate of drug-likeness (QED) is 0.264. The predicted molar refractivity (Wildman–Crippen MR) is 94.9 cm³/mol. The Kier molecular flexibility index (Phi) is 4.98. The van der Waals surface area contributed by atoms with Crippen molar-refractivity contribution in [2.75, 3.05) is 11.5 Å². The summed E-state index contributed by atoms with van der Waals surface area (Å²) >= 11 is 0. The molecule has 0 aromatic heterocycles. The average molecular weight is 368 g/mol. The van der Waals surface area contributed by atoms with Crippen molar-refractivity contribution in [2.24, 2.45) is 5.92 Å². The fraction of sp³-hybridized carbons (Fsp3) is 0.211. The first-order valence-corrected chi connectivity index (χ1v) is 8.29. The third-order valence-corrected chi connectivity index (χ3v) is 4.33. The van der Waals surface area contributed by atoms with Gasteiger partial charge in [0.05, 0.1) is 17.6 Å². The van der Waals surface area contributed by atoms with E-state index in [1.807, 2.05) is 0 Å². The Hall–Kier alpha value is -3.55. The van der Waals surface area contributed by atoms with Crippen molar-refractivity contribution >= 4 is 29.0 Å². The molecule has 2 atom stereocenters. The molecule has 1 aliphatic heterocycles. The van der Waals surface area contributed by atoms with Crippen LogP contribution >= 0.6 is 0 Å². The Morgan fingerprint density at radius 1 is 1.11 bits per heavy atom. The number of ether oxygens (including phenoxy) is 1. The molecule has 2 aromatic carbocycles. The van der Waals surface area contributed by atoms with E-state index in [2.05, 4.69) is 0 Å². The van der Waals surface area contributed by atoms with Crippen molar-refractivity contribution in [1.82, 2.24) is 0 Å². The molecule has 0 saturated carbocycles. The lowest BCUT2D eigenvalue weighted by molar-refractivity contribution is -0.384. The van der Waals surface area contributed by atoms with Crippen molar-refractivity contribution in [3.63, 3.8) is 0 Å². The van der Waals surface area contributed by atoms with E-state index in [-0.39, 0.29) is 12.3 Å². The molecule has 1 fully saturated rings. The van der Waals surface area contributed by atoms with Gasteiger partial charge in [-0.05, 0) is 24.6 Å². The number of hydrogen-bond acceptors (Lipinski definition) is 6. The van der Waals surface area contributed by atoms with Crippen LogP contribution in [0.4, 0.5) is 11.4 Å². The zero-order valence-electron chi connectivity index (χ0n) is 14.4. The number of carbonyl (C=O) groups excluding carboxylic acids is 3. The summed E-state index contributed by atoms with van der Waals surface area (Å²) in [6, 6.07) is 13.0. The SMILES string of the molecule is CCOC(=O)[C@H]1C(=O)C(=O)N(c2ccc([N+](=O)[O-])cc2)[C@H]1c1ccccc1. The lowest BCUT2D eigenvalue weighted by Gasteiger charge is -2.26. The highest BCUT2D eigenvalue weighted by Gasteiger charge is 2.53. The van der Waals surface area contributed by atoms with Crippen LogP contribution < -0.4 is 4.90 Å². The number of amides is 1. The van der Waals surface area contributed by atoms with Crippen molar-refractivity contribution in [3.05, 3.63) is 70.3 Å². The number of anilines is 1. The number of benzene rings is 2. The second-order valence-corrected chi connectivity index (χ2v) is 5.90. The van der Waals surface area contributed by atoms with E-state index in [1.54, 1.807) is 37.3 Å². The van der Waals surface area contributed by atoms with Crippen molar-refractivity contribution < 1.29 is 24.0 Å². The lowest BCUT2D eigenvalue weighted by atomic mass is 9.93. The van der Waals surface area contributed by atoms with Crippen LogP contribution in [0, 0.1) is 16.0 Å². The molecule has 27 heavy (non-hydrogen) atoms. The molecule has 0 N–H and O–H groups in total. The first-order valence-electron chi connectivity index (χ1n) is 8.29.